The third-order valence-corrected chi connectivity index (χ3v) is 3.42. The Balaban J connectivity index is 3.15. The standard InChI is InChI=1S/C11H12Br2N2O3/c1-3-15(2)11(18)14-9-7(10(16)17)4-6(12)5-8(9)13/h4-5H,3H2,1-2H3,(H,14,18)(H,16,17). The molecule has 2 amide bonds. The van der Waals surface area contributed by atoms with Gasteiger partial charge in [-0.2, -0.15) is 0 Å². The van der Waals surface area contributed by atoms with Crippen molar-refractivity contribution < 1.29 is 14.7 Å². The Morgan fingerprint density at radius 2 is 2.00 bits per heavy atom. The summed E-state index contributed by atoms with van der Waals surface area (Å²) in [6.45, 7) is 2.36. The number of amides is 2. The van der Waals surface area contributed by atoms with Gasteiger partial charge in [0.25, 0.3) is 0 Å². The fourth-order valence-corrected chi connectivity index (χ4v) is 2.54. The lowest BCUT2D eigenvalue weighted by Gasteiger charge is -2.17. The highest BCUT2D eigenvalue weighted by atomic mass is 79.9. The van der Waals surface area contributed by atoms with Gasteiger partial charge in [0.15, 0.2) is 0 Å². The molecule has 1 rings (SSSR count). The zero-order valence-electron chi connectivity index (χ0n) is 9.83. The molecule has 0 bridgehead atoms. The summed E-state index contributed by atoms with van der Waals surface area (Å²) in [5.41, 5.74) is 0.269. The maximum Gasteiger partial charge on any atom is 0.337 e. The van der Waals surface area contributed by atoms with Crippen molar-refractivity contribution in [2.45, 2.75) is 6.92 Å². The number of carbonyl (C=O) groups is 2. The minimum atomic E-state index is -1.11. The predicted octanol–water partition coefficient (Wildman–Crippen LogP) is 3.39. The van der Waals surface area contributed by atoms with Crippen LogP contribution >= 0.6 is 31.9 Å². The Hall–Kier alpha value is -1.08. The number of hydrogen-bond donors (Lipinski definition) is 2. The molecule has 98 valence electrons. The molecule has 0 radical (unpaired) electrons. The fourth-order valence-electron chi connectivity index (χ4n) is 1.22. The largest absolute Gasteiger partial charge is 0.478 e. The maximum absolute atomic E-state index is 11.7. The number of rotatable bonds is 3. The maximum atomic E-state index is 11.7. The highest BCUT2D eigenvalue weighted by molar-refractivity contribution is 9.11. The quantitative estimate of drug-likeness (QED) is 0.845. The molecular formula is C11H12Br2N2O3. The lowest BCUT2D eigenvalue weighted by atomic mass is 10.2. The molecule has 0 unspecified atom stereocenters. The van der Waals surface area contributed by atoms with Crippen molar-refractivity contribution in [2.24, 2.45) is 0 Å². The zero-order chi connectivity index (χ0) is 13.9. The average molecular weight is 380 g/mol. The normalized spacial score (nSPS) is 10.0. The number of benzene rings is 1. The van der Waals surface area contributed by atoms with Crippen LogP contribution in [0, 0.1) is 0 Å². The summed E-state index contributed by atoms with van der Waals surface area (Å²) in [6.07, 6.45) is 0. The van der Waals surface area contributed by atoms with Gasteiger partial charge in [-0.25, -0.2) is 9.59 Å². The number of carbonyl (C=O) groups excluding carboxylic acids is 1. The molecule has 18 heavy (non-hydrogen) atoms. The molecule has 0 heterocycles. The minimum Gasteiger partial charge on any atom is -0.478 e. The monoisotopic (exact) mass is 378 g/mol. The van der Waals surface area contributed by atoms with Crippen LogP contribution in [0.1, 0.15) is 17.3 Å². The molecule has 0 fully saturated rings. The van der Waals surface area contributed by atoms with Gasteiger partial charge in [0, 0.05) is 22.5 Å². The summed E-state index contributed by atoms with van der Waals surface area (Å²) in [7, 11) is 1.63. The predicted molar refractivity (Wildman–Crippen MR) is 76.1 cm³/mol. The van der Waals surface area contributed by atoms with E-state index >= 15 is 0 Å². The summed E-state index contributed by atoms with van der Waals surface area (Å²) < 4.78 is 1.13. The number of aromatic carboxylic acids is 1. The zero-order valence-corrected chi connectivity index (χ0v) is 13.0. The van der Waals surface area contributed by atoms with E-state index < -0.39 is 5.97 Å². The van der Waals surface area contributed by atoms with Gasteiger partial charge in [-0.1, -0.05) is 15.9 Å². The van der Waals surface area contributed by atoms with Gasteiger partial charge in [0.05, 0.1) is 11.3 Å². The van der Waals surface area contributed by atoms with E-state index in [4.69, 9.17) is 5.11 Å². The SMILES string of the molecule is CCN(C)C(=O)Nc1c(Br)cc(Br)cc1C(=O)O. The molecule has 0 saturated carbocycles. The number of hydrogen-bond acceptors (Lipinski definition) is 2. The third-order valence-electron chi connectivity index (χ3n) is 2.34. The topological polar surface area (TPSA) is 69.6 Å². The molecule has 1 aromatic rings. The summed E-state index contributed by atoms with van der Waals surface area (Å²) in [5.74, 6) is -1.11. The highest BCUT2D eigenvalue weighted by Crippen LogP contribution is 2.31. The van der Waals surface area contributed by atoms with Crippen LogP contribution in [0.15, 0.2) is 21.1 Å². The van der Waals surface area contributed by atoms with E-state index in [0.717, 1.165) is 0 Å². The number of nitrogens with zero attached hydrogens (tertiary/aromatic N) is 1. The molecule has 0 spiro atoms. The van der Waals surface area contributed by atoms with Crippen molar-refractivity contribution in [1.29, 1.82) is 0 Å². The van der Waals surface area contributed by atoms with Crippen LogP contribution in [0.5, 0.6) is 0 Å². The number of nitrogens with one attached hydrogen (secondary N) is 1. The van der Waals surface area contributed by atoms with Crippen molar-refractivity contribution in [2.75, 3.05) is 18.9 Å². The number of carboxylic acids is 1. The van der Waals surface area contributed by atoms with Gasteiger partial charge >= 0.3 is 12.0 Å². The molecule has 0 atom stereocenters. The van der Waals surface area contributed by atoms with Crippen LogP contribution in [0.25, 0.3) is 0 Å². The Morgan fingerprint density at radius 1 is 1.39 bits per heavy atom. The van der Waals surface area contributed by atoms with E-state index in [9.17, 15) is 9.59 Å². The third kappa shape index (κ3) is 3.46. The van der Waals surface area contributed by atoms with Gasteiger partial charge in [-0.05, 0) is 35.0 Å². The Labute approximate surface area is 121 Å². The lowest BCUT2D eigenvalue weighted by molar-refractivity contribution is 0.0698. The number of urea groups is 1. The number of halogens is 2. The molecule has 0 aliphatic rings. The highest BCUT2D eigenvalue weighted by Gasteiger charge is 2.18. The summed E-state index contributed by atoms with van der Waals surface area (Å²) in [4.78, 5) is 24.3. The van der Waals surface area contributed by atoms with E-state index in [1.165, 1.54) is 11.0 Å². The second-order valence-electron chi connectivity index (χ2n) is 3.56. The molecule has 1 aromatic carbocycles. The smallest absolute Gasteiger partial charge is 0.337 e. The van der Waals surface area contributed by atoms with Gasteiger partial charge < -0.3 is 15.3 Å². The van der Waals surface area contributed by atoms with Crippen LogP contribution < -0.4 is 5.32 Å². The average Bonchev–Trinajstić information content (AvgIpc) is 2.30. The molecule has 5 nitrogen and oxygen atoms in total. The summed E-state index contributed by atoms with van der Waals surface area (Å²) >= 11 is 6.45. The van der Waals surface area contributed by atoms with Crippen LogP contribution in [0.2, 0.25) is 0 Å². The van der Waals surface area contributed by atoms with Crippen LogP contribution in [0.4, 0.5) is 10.5 Å². The number of carboxylic acid groups (broad SMARTS) is 1. The number of anilines is 1. The first-order valence-electron chi connectivity index (χ1n) is 5.11. The summed E-state index contributed by atoms with van der Waals surface area (Å²) in [5, 5.41) is 11.7. The Kier molecular flexibility index (Phi) is 5.15. The molecule has 0 aliphatic heterocycles. The van der Waals surface area contributed by atoms with Crippen LogP contribution in [0.3, 0.4) is 0 Å². The van der Waals surface area contributed by atoms with Gasteiger partial charge in [0.1, 0.15) is 0 Å². The minimum absolute atomic E-state index is 0.0223. The molecule has 0 saturated heterocycles. The molecule has 0 aliphatic carbocycles. The molecule has 2 N–H and O–H groups in total. The second-order valence-corrected chi connectivity index (χ2v) is 5.33. The van der Waals surface area contributed by atoms with E-state index in [0.29, 0.717) is 15.5 Å². The van der Waals surface area contributed by atoms with Crippen molar-refractivity contribution >= 4 is 49.5 Å². The first-order valence-corrected chi connectivity index (χ1v) is 6.69. The molecule has 0 aromatic heterocycles. The lowest BCUT2D eigenvalue weighted by Crippen LogP contribution is -2.31. The van der Waals surface area contributed by atoms with Crippen LogP contribution in [-0.2, 0) is 0 Å². The molecular weight excluding hydrogens is 368 g/mol. The fraction of sp³-hybridized carbons (Fsp3) is 0.273. The van der Waals surface area contributed by atoms with Gasteiger partial charge in [-0.3, -0.25) is 0 Å². The van der Waals surface area contributed by atoms with Gasteiger partial charge in [-0.15, -0.1) is 0 Å². The van der Waals surface area contributed by atoms with Gasteiger partial charge in [0.2, 0.25) is 0 Å². The van der Waals surface area contributed by atoms with Crippen molar-refractivity contribution in [1.82, 2.24) is 4.90 Å². The first-order chi connectivity index (χ1) is 8.36. The van der Waals surface area contributed by atoms with Crippen molar-refractivity contribution in [3.05, 3.63) is 26.6 Å². The van der Waals surface area contributed by atoms with E-state index in [-0.39, 0.29) is 17.3 Å². The van der Waals surface area contributed by atoms with E-state index in [1.54, 1.807) is 13.1 Å². The Morgan fingerprint density at radius 3 is 2.50 bits per heavy atom. The van der Waals surface area contributed by atoms with E-state index in [1.807, 2.05) is 6.92 Å². The first kappa shape index (κ1) is 15.0. The summed E-state index contributed by atoms with van der Waals surface area (Å²) in [6, 6.07) is 2.76. The second kappa shape index (κ2) is 6.19. The van der Waals surface area contributed by atoms with Crippen molar-refractivity contribution in [3.8, 4) is 0 Å². The molecule has 7 heteroatoms. The van der Waals surface area contributed by atoms with E-state index in [2.05, 4.69) is 37.2 Å². The van der Waals surface area contributed by atoms with Crippen molar-refractivity contribution in [3.63, 3.8) is 0 Å². The van der Waals surface area contributed by atoms with Crippen LogP contribution in [-0.4, -0.2) is 35.6 Å². The Bertz CT molecular complexity index is 491.